The summed E-state index contributed by atoms with van der Waals surface area (Å²) >= 11 is 3.27. The number of hydrogen-bond donors (Lipinski definition) is 1. The van der Waals surface area contributed by atoms with Crippen LogP contribution in [-0.4, -0.2) is 30.7 Å². The van der Waals surface area contributed by atoms with Gasteiger partial charge in [-0.2, -0.15) is 0 Å². The molecule has 1 aliphatic rings. The molecule has 148 valence electrons. The minimum absolute atomic E-state index is 0.0429. The molecule has 3 heterocycles. The van der Waals surface area contributed by atoms with Crippen LogP contribution >= 0.6 is 22.7 Å². The molecular formula is C21H18N2O4S2. The molecular weight excluding hydrogens is 408 g/mol. The Morgan fingerprint density at radius 3 is 2.97 bits per heavy atom. The smallest absolute Gasteiger partial charge is 0.258 e. The molecule has 4 aromatic rings. The zero-order valence-corrected chi connectivity index (χ0v) is 17.3. The number of rotatable bonds is 5. The van der Waals surface area contributed by atoms with E-state index in [0.717, 1.165) is 36.6 Å². The number of thiophene rings is 1. The molecule has 0 unspecified atom stereocenters. The maximum atomic E-state index is 12.3. The van der Waals surface area contributed by atoms with Gasteiger partial charge in [0.15, 0.2) is 18.1 Å². The highest BCUT2D eigenvalue weighted by Gasteiger charge is 2.15. The summed E-state index contributed by atoms with van der Waals surface area (Å²) in [6.07, 6.45) is 0. The van der Waals surface area contributed by atoms with Crippen LogP contribution < -0.4 is 19.5 Å². The lowest BCUT2D eigenvalue weighted by molar-refractivity contribution is -0.123. The molecule has 0 bridgehead atoms. The van der Waals surface area contributed by atoms with Crippen LogP contribution in [0.15, 0.2) is 35.7 Å². The first-order chi connectivity index (χ1) is 14.2. The molecule has 1 amide bonds. The zero-order chi connectivity index (χ0) is 19.8. The first kappa shape index (κ1) is 18.2. The van der Waals surface area contributed by atoms with Gasteiger partial charge in [-0.25, -0.2) is 4.98 Å². The van der Waals surface area contributed by atoms with Crippen molar-refractivity contribution in [2.45, 2.75) is 13.5 Å². The molecule has 0 saturated heterocycles. The molecule has 0 spiro atoms. The second-order valence-electron chi connectivity index (χ2n) is 6.66. The lowest BCUT2D eigenvalue weighted by atomic mass is 10.2. The van der Waals surface area contributed by atoms with E-state index in [4.69, 9.17) is 14.2 Å². The molecule has 0 atom stereocenters. The van der Waals surface area contributed by atoms with Crippen molar-refractivity contribution in [3.05, 3.63) is 46.3 Å². The molecule has 0 radical (unpaired) electrons. The van der Waals surface area contributed by atoms with Gasteiger partial charge < -0.3 is 19.5 Å². The first-order valence-electron chi connectivity index (χ1n) is 9.23. The molecule has 29 heavy (non-hydrogen) atoms. The van der Waals surface area contributed by atoms with E-state index in [-0.39, 0.29) is 12.5 Å². The van der Waals surface area contributed by atoms with E-state index in [0.29, 0.717) is 31.3 Å². The summed E-state index contributed by atoms with van der Waals surface area (Å²) in [7, 11) is 0. The minimum atomic E-state index is -0.177. The number of carbonyl (C=O) groups is 1. The average molecular weight is 427 g/mol. The molecule has 0 fully saturated rings. The Morgan fingerprint density at radius 2 is 2.07 bits per heavy atom. The quantitative estimate of drug-likeness (QED) is 0.516. The number of amides is 1. The van der Waals surface area contributed by atoms with E-state index in [2.05, 4.69) is 10.3 Å². The molecule has 2 aromatic carbocycles. The number of fused-ring (bicyclic) bond motifs is 4. The Labute approximate surface area is 175 Å². The molecule has 0 aliphatic carbocycles. The monoisotopic (exact) mass is 426 g/mol. The maximum absolute atomic E-state index is 12.3. The van der Waals surface area contributed by atoms with Crippen molar-refractivity contribution in [3.8, 4) is 17.2 Å². The van der Waals surface area contributed by atoms with Gasteiger partial charge in [-0.1, -0.05) is 6.07 Å². The topological polar surface area (TPSA) is 69.7 Å². The SMILES string of the molecule is Cc1nc2c(cc(OCC(=O)NCc3ccc4c(c3)OCCO4)c3ccsc32)s1. The van der Waals surface area contributed by atoms with E-state index in [9.17, 15) is 4.79 Å². The van der Waals surface area contributed by atoms with Crippen LogP contribution in [0.1, 0.15) is 10.6 Å². The Morgan fingerprint density at radius 1 is 1.21 bits per heavy atom. The van der Waals surface area contributed by atoms with Gasteiger partial charge >= 0.3 is 0 Å². The van der Waals surface area contributed by atoms with Gasteiger partial charge in [0.25, 0.3) is 5.91 Å². The fourth-order valence-electron chi connectivity index (χ4n) is 3.30. The van der Waals surface area contributed by atoms with Crippen LogP contribution in [0.25, 0.3) is 20.3 Å². The van der Waals surface area contributed by atoms with Crippen LogP contribution in [0, 0.1) is 6.92 Å². The largest absolute Gasteiger partial charge is 0.486 e. The van der Waals surface area contributed by atoms with Crippen LogP contribution in [-0.2, 0) is 11.3 Å². The van der Waals surface area contributed by atoms with Gasteiger partial charge in [0.05, 0.1) is 19.9 Å². The summed E-state index contributed by atoms with van der Waals surface area (Å²) in [5, 5.41) is 6.92. The van der Waals surface area contributed by atoms with Crippen LogP contribution in [0.5, 0.6) is 17.2 Å². The number of aryl methyl sites for hydroxylation is 1. The number of aromatic nitrogens is 1. The number of ether oxygens (including phenoxy) is 3. The predicted octanol–water partition coefficient (Wildman–Crippen LogP) is 4.29. The van der Waals surface area contributed by atoms with E-state index in [1.165, 1.54) is 0 Å². The Kier molecular flexibility index (Phi) is 4.73. The summed E-state index contributed by atoms with van der Waals surface area (Å²) in [5.41, 5.74) is 1.96. The fourth-order valence-corrected chi connectivity index (χ4v) is 5.13. The number of nitrogens with zero attached hydrogens (tertiary/aromatic N) is 1. The van der Waals surface area contributed by atoms with Crippen molar-refractivity contribution < 1.29 is 19.0 Å². The molecule has 1 N–H and O–H groups in total. The van der Waals surface area contributed by atoms with Gasteiger partial charge in [0.2, 0.25) is 0 Å². The van der Waals surface area contributed by atoms with Gasteiger partial charge in [0, 0.05) is 18.0 Å². The van der Waals surface area contributed by atoms with E-state index >= 15 is 0 Å². The standard InChI is InChI=1S/C21H18N2O4S2/c1-12-23-20-18(29-12)9-16(14-4-7-28-21(14)20)27-11-19(24)22-10-13-2-3-15-17(8-13)26-6-5-25-15/h2-4,7-9H,5-6,10-11H2,1H3,(H,22,24). The highest BCUT2D eigenvalue weighted by Crippen LogP contribution is 2.38. The average Bonchev–Trinajstić information content (AvgIpc) is 3.36. The molecule has 8 heteroatoms. The summed E-state index contributed by atoms with van der Waals surface area (Å²) in [5.74, 6) is 1.99. The highest BCUT2D eigenvalue weighted by atomic mass is 32.1. The van der Waals surface area contributed by atoms with Crippen molar-refractivity contribution >= 4 is 48.9 Å². The zero-order valence-electron chi connectivity index (χ0n) is 15.7. The third-order valence-corrected chi connectivity index (χ3v) is 6.46. The Balaban J connectivity index is 1.25. The van der Waals surface area contributed by atoms with Crippen molar-refractivity contribution in [2.24, 2.45) is 0 Å². The van der Waals surface area contributed by atoms with Gasteiger partial charge in [-0.05, 0) is 36.1 Å². The summed E-state index contributed by atoms with van der Waals surface area (Å²) in [6, 6.07) is 9.67. The van der Waals surface area contributed by atoms with Gasteiger partial charge in [-0.3, -0.25) is 4.79 Å². The van der Waals surface area contributed by atoms with Crippen molar-refractivity contribution in [3.63, 3.8) is 0 Å². The van der Waals surface area contributed by atoms with Crippen molar-refractivity contribution in [1.82, 2.24) is 10.3 Å². The molecule has 0 saturated carbocycles. The predicted molar refractivity (Wildman–Crippen MR) is 115 cm³/mol. The molecule has 5 rings (SSSR count). The van der Waals surface area contributed by atoms with Gasteiger partial charge in [0.1, 0.15) is 19.0 Å². The third kappa shape index (κ3) is 3.61. The second-order valence-corrected chi connectivity index (χ2v) is 8.81. The van der Waals surface area contributed by atoms with Crippen LogP contribution in [0.3, 0.4) is 0 Å². The molecule has 2 aromatic heterocycles. The Hall–Kier alpha value is -2.84. The Bertz CT molecular complexity index is 1210. The molecule has 1 aliphatic heterocycles. The fraction of sp³-hybridized carbons (Fsp3) is 0.238. The maximum Gasteiger partial charge on any atom is 0.258 e. The number of hydrogen-bond acceptors (Lipinski definition) is 7. The van der Waals surface area contributed by atoms with Crippen LogP contribution in [0.4, 0.5) is 0 Å². The lowest BCUT2D eigenvalue weighted by Gasteiger charge is -2.19. The lowest BCUT2D eigenvalue weighted by Crippen LogP contribution is -2.28. The van der Waals surface area contributed by atoms with Crippen LogP contribution in [0.2, 0.25) is 0 Å². The molecule has 6 nitrogen and oxygen atoms in total. The van der Waals surface area contributed by atoms with E-state index < -0.39 is 0 Å². The number of thiazole rings is 1. The normalized spacial score (nSPS) is 13.0. The third-order valence-electron chi connectivity index (χ3n) is 4.62. The number of carbonyl (C=O) groups excluding carboxylic acids is 1. The summed E-state index contributed by atoms with van der Waals surface area (Å²) in [6.45, 7) is 3.45. The second kappa shape index (κ2) is 7.53. The number of benzene rings is 2. The van der Waals surface area contributed by atoms with E-state index in [1.54, 1.807) is 22.7 Å². The van der Waals surface area contributed by atoms with E-state index in [1.807, 2.05) is 42.6 Å². The van der Waals surface area contributed by atoms with Crippen molar-refractivity contribution in [1.29, 1.82) is 0 Å². The number of nitrogens with one attached hydrogen (secondary N) is 1. The first-order valence-corrected chi connectivity index (χ1v) is 10.9. The summed E-state index contributed by atoms with van der Waals surface area (Å²) in [4.78, 5) is 16.9. The highest BCUT2D eigenvalue weighted by molar-refractivity contribution is 7.21. The minimum Gasteiger partial charge on any atom is -0.486 e. The van der Waals surface area contributed by atoms with Crippen molar-refractivity contribution in [2.75, 3.05) is 19.8 Å². The summed E-state index contributed by atoms with van der Waals surface area (Å²) < 4.78 is 19.1. The van der Waals surface area contributed by atoms with Gasteiger partial charge in [-0.15, -0.1) is 22.7 Å².